The van der Waals surface area contributed by atoms with Crippen LogP contribution in [0.3, 0.4) is 0 Å². The minimum Gasteiger partial charge on any atom is -0.383 e. The highest BCUT2D eigenvalue weighted by Crippen LogP contribution is 2.22. The lowest BCUT2D eigenvalue weighted by molar-refractivity contribution is 0.572. The minimum atomic E-state index is 0.363. The standard InChI is InChI=1S/C16H20ClN3S/c1-2-19-14(10-12-4-3-9-20-16(12)18)11-21-15-7-5-13(17)6-8-15/h3-9,14,19H,2,10-11H2,1H3,(H2,18,20). The molecule has 0 aliphatic carbocycles. The van der Waals surface area contributed by atoms with Gasteiger partial charge in [-0.25, -0.2) is 4.98 Å². The van der Waals surface area contributed by atoms with Gasteiger partial charge in [-0.2, -0.15) is 0 Å². The van der Waals surface area contributed by atoms with Crippen LogP contribution in [0.1, 0.15) is 12.5 Å². The summed E-state index contributed by atoms with van der Waals surface area (Å²) in [5.74, 6) is 1.60. The van der Waals surface area contributed by atoms with Gasteiger partial charge in [-0.05, 0) is 48.9 Å². The molecular formula is C16H20ClN3S. The number of hydrogen-bond donors (Lipinski definition) is 2. The highest BCUT2D eigenvalue weighted by Gasteiger charge is 2.11. The summed E-state index contributed by atoms with van der Waals surface area (Å²) in [6.45, 7) is 3.05. The summed E-state index contributed by atoms with van der Waals surface area (Å²) >= 11 is 7.73. The lowest BCUT2D eigenvalue weighted by Gasteiger charge is -2.18. The van der Waals surface area contributed by atoms with E-state index < -0.39 is 0 Å². The Morgan fingerprint density at radius 1 is 1.29 bits per heavy atom. The number of aromatic nitrogens is 1. The Morgan fingerprint density at radius 3 is 2.71 bits per heavy atom. The fourth-order valence-corrected chi connectivity index (χ4v) is 3.18. The lowest BCUT2D eigenvalue weighted by Crippen LogP contribution is -2.33. The Hall–Kier alpha value is -1.23. The van der Waals surface area contributed by atoms with Gasteiger partial charge in [-0.15, -0.1) is 11.8 Å². The third kappa shape index (κ3) is 5.23. The van der Waals surface area contributed by atoms with E-state index in [0.717, 1.165) is 29.3 Å². The summed E-state index contributed by atoms with van der Waals surface area (Å²) in [6, 6.07) is 12.3. The lowest BCUT2D eigenvalue weighted by atomic mass is 10.1. The van der Waals surface area contributed by atoms with Gasteiger partial charge in [0.05, 0.1) is 0 Å². The van der Waals surface area contributed by atoms with E-state index in [-0.39, 0.29) is 0 Å². The fraction of sp³-hybridized carbons (Fsp3) is 0.312. The van der Waals surface area contributed by atoms with Gasteiger partial charge < -0.3 is 11.1 Å². The number of anilines is 1. The first kappa shape index (κ1) is 16.1. The zero-order valence-electron chi connectivity index (χ0n) is 12.1. The normalized spacial score (nSPS) is 12.3. The van der Waals surface area contributed by atoms with Gasteiger partial charge in [-0.1, -0.05) is 24.6 Å². The van der Waals surface area contributed by atoms with Crippen molar-refractivity contribution in [3.8, 4) is 0 Å². The first-order valence-corrected chi connectivity index (χ1v) is 8.36. The van der Waals surface area contributed by atoms with Crippen LogP contribution >= 0.6 is 23.4 Å². The van der Waals surface area contributed by atoms with Gasteiger partial charge in [-0.3, -0.25) is 0 Å². The predicted octanol–water partition coefficient (Wildman–Crippen LogP) is 3.63. The van der Waals surface area contributed by atoms with Gasteiger partial charge >= 0.3 is 0 Å². The number of rotatable bonds is 7. The molecule has 5 heteroatoms. The molecule has 2 aromatic rings. The van der Waals surface area contributed by atoms with Crippen LogP contribution in [0, 0.1) is 0 Å². The number of benzene rings is 1. The Balaban J connectivity index is 1.95. The molecule has 0 fully saturated rings. The zero-order valence-corrected chi connectivity index (χ0v) is 13.6. The molecule has 2 rings (SSSR count). The summed E-state index contributed by atoms with van der Waals surface area (Å²) in [7, 11) is 0. The van der Waals surface area contributed by atoms with Crippen LogP contribution in [0.15, 0.2) is 47.5 Å². The van der Waals surface area contributed by atoms with Crippen molar-refractivity contribution in [3.05, 3.63) is 53.2 Å². The van der Waals surface area contributed by atoms with E-state index in [2.05, 4.69) is 29.4 Å². The average molecular weight is 322 g/mol. The molecular weight excluding hydrogens is 302 g/mol. The van der Waals surface area contributed by atoms with Crippen molar-refractivity contribution in [2.45, 2.75) is 24.3 Å². The van der Waals surface area contributed by atoms with Crippen molar-refractivity contribution < 1.29 is 0 Å². The van der Waals surface area contributed by atoms with E-state index in [0.29, 0.717) is 11.9 Å². The van der Waals surface area contributed by atoms with Gasteiger partial charge in [0.2, 0.25) is 0 Å². The molecule has 1 atom stereocenters. The largest absolute Gasteiger partial charge is 0.383 e. The van der Waals surface area contributed by atoms with Crippen LogP contribution in [0.25, 0.3) is 0 Å². The molecule has 0 spiro atoms. The summed E-state index contributed by atoms with van der Waals surface area (Å²) < 4.78 is 0. The second kappa shape index (κ2) is 8.27. The quantitative estimate of drug-likeness (QED) is 0.765. The highest BCUT2D eigenvalue weighted by atomic mass is 35.5. The molecule has 112 valence electrons. The van der Waals surface area contributed by atoms with Gasteiger partial charge in [0, 0.05) is 27.9 Å². The third-order valence-corrected chi connectivity index (χ3v) is 4.58. The number of nitrogens with zero attached hydrogens (tertiary/aromatic N) is 1. The third-order valence-electron chi connectivity index (χ3n) is 3.15. The Kier molecular flexibility index (Phi) is 6.36. The smallest absolute Gasteiger partial charge is 0.126 e. The van der Waals surface area contributed by atoms with Crippen molar-refractivity contribution >= 4 is 29.2 Å². The van der Waals surface area contributed by atoms with Gasteiger partial charge in [0.15, 0.2) is 0 Å². The van der Waals surface area contributed by atoms with Crippen LogP contribution in [-0.2, 0) is 6.42 Å². The number of thioether (sulfide) groups is 1. The molecule has 0 saturated carbocycles. The van der Waals surface area contributed by atoms with Gasteiger partial charge in [0.1, 0.15) is 5.82 Å². The fourth-order valence-electron chi connectivity index (χ4n) is 2.10. The van der Waals surface area contributed by atoms with Crippen molar-refractivity contribution in [1.82, 2.24) is 10.3 Å². The number of pyridine rings is 1. The molecule has 1 heterocycles. The summed E-state index contributed by atoms with van der Waals surface area (Å²) in [4.78, 5) is 5.37. The molecule has 0 aliphatic heterocycles. The van der Waals surface area contributed by atoms with Crippen molar-refractivity contribution in [2.24, 2.45) is 0 Å². The molecule has 0 aliphatic rings. The van der Waals surface area contributed by atoms with E-state index in [1.807, 2.05) is 36.0 Å². The zero-order chi connectivity index (χ0) is 15.1. The van der Waals surface area contributed by atoms with Crippen LogP contribution in [0.5, 0.6) is 0 Å². The molecule has 1 aromatic carbocycles. The van der Waals surface area contributed by atoms with Crippen LogP contribution in [-0.4, -0.2) is 23.3 Å². The molecule has 21 heavy (non-hydrogen) atoms. The predicted molar refractivity (Wildman–Crippen MR) is 92.0 cm³/mol. The van der Waals surface area contributed by atoms with Crippen LogP contribution in [0.4, 0.5) is 5.82 Å². The number of nitrogens with one attached hydrogen (secondary N) is 1. The molecule has 1 unspecified atom stereocenters. The van der Waals surface area contributed by atoms with Crippen LogP contribution < -0.4 is 11.1 Å². The topological polar surface area (TPSA) is 50.9 Å². The van der Waals surface area contributed by atoms with E-state index in [1.54, 1.807) is 6.20 Å². The highest BCUT2D eigenvalue weighted by molar-refractivity contribution is 7.99. The second-order valence-corrected chi connectivity index (χ2v) is 6.30. The summed E-state index contributed by atoms with van der Waals surface area (Å²) in [5, 5.41) is 4.28. The molecule has 0 saturated heterocycles. The maximum atomic E-state index is 5.93. The average Bonchev–Trinajstić information content (AvgIpc) is 2.49. The second-order valence-electron chi connectivity index (χ2n) is 4.77. The van der Waals surface area contributed by atoms with E-state index in [4.69, 9.17) is 17.3 Å². The van der Waals surface area contributed by atoms with E-state index >= 15 is 0 Å². The van der Waals surface area contributed by atoms with Crippen LogP contribution in [0.2, 0.25) is 5.02 Å². The number of likely N-dealkylation sites (N-methyl/N-ethyl adjacent to an activating group) is 1. The Labute approximate surface area is 135 Å². The van der Waals surface area contributed by atoms with Crippen molar-refractivity contribution in [2.75, 3.05) is 18.0 Å². The molecule has 1 aromatic heterocycles. The number of hydrogen-bond acceptors (Lipinski definition) is 4. The number of nitrogens with two attached hydrogens (primary N) is 1. The van der Waals surface area contributed by atoms with Gasteiger partial charge in [0.25, 0.3) is 0 Å². The SMILES string of the molecule is CCNC(CSc1ccc(Cl)cc1)Cc1cccnc1N. The van der Waals surface area contributed by atoms with Crippen molar-refractivity contribution in [1.29, 1.82) is 0 Å². The first-order chi connectivity index (χ1) is 10.2. The maximum absolute atomic E-state index is 5.93. The molecule has 0 amide bonds. The first-order valence-electron chi connectivity index (χ1n) is 7.00. The number of halogens is 1. The van der Waals surface area contributed by atoms with E-state index in [9.17, 15) is 0 Å². The Morgan fingerprint density at radius 2 is 2.05 bits per heavy atom. The molecule has 3 nitrogen and oxygen atoms in total. The maximum Gasteiger partial charge on any atom is 0.126 e. The Bertz CT molecular complexity index is 560. The molecule has 0 radical (unpaired) electrons. The molecule has 3 N–H and O–H groups in total. The summed E-state index contributed by atoms with van der Waals surface area (Å²) in [6.07, 6.45) is 2.61. The molecule has 0 bridgehead atoms. The van der Waals surface area contributed by atoms with Crippen molar-refractivity contribution in [3.63, 3.8) is 0 Å². The number of nitrogen functional groups attached to an aromatic ring is 1. The minimum absolute atomic E-state index is 0.363. The summed E-state index contributed by atoms with van der Waals surface area (Å²) in [5.41, 5.74) is 7.03. The monoisotopic (exact) mass is 321 g/mol. The van der Waals surface area contributed by atoms with E-state index in [1.165, 1.54) is 4.90 Å².